The van der Waals surface area contributed by atoms with Crippen molar-refractivity contribution in [3.8, 4) is 0 Å². The summed E-state index contributed by atoms with van der Waals surface area (Å²) < 4.78 is 0. The first kappa shape index (κ1) is 26.0. The first-order chi connectivity index (χ1) is 16.2. The Morgan fingerprint density at radius 3 is 2.24 bits per heavy atom. The number of nitrogens with two attached hydrogens (primary N) is 2. The third-order valence-electron chi connectivity index (χ3n) is 4.70. The highest BCUT2D eigenvalue weighted by Gasteiger charge is 2.29. The molecule has 0 saturated carbocycles. The Kier molecular flexibility index (Phi) is 9.71. The lowest BCUT2D eigenvalue weighted by Crippen LogP contribution is -2.57. The number of benzene rings is 1. The number of hydrogen-bond acceptors (Lipinski definition) is 7. The molecule has 4 amide bonds. The van der Waals surface area contributed by atoms with Crippen molar-refractivity contribution in [2.75, 3.05) is 6.54 Å². The van der Waals surface area contributed by atoms with E-state index in [1.165, 1.54) is 12.5 Å². The van der Waals surface area contributed by atoms with Crippen LogP contribution in [0.1, 0.15) is 17.7 Å². The van der Waals surface area contributed by atoms with Gasteiger partial charge in [-0.05, 0) is 5.56 Å². The molecule has 1 heterocycles. The number of nitrogens with zero attached hydrogens (tertiary/aromatic N) is 1. The second-order valence-corrected chi connectivity index (χ2v) is 7.48. The Morgan fingerprint density at radius 2 is 1.65 bits per heavy atom. The predicted molar refractivity (Wildman–Crippen MR) is 119 cm³/mol. The Labute approximate surface area is 194 Å². The molecular weight excluding hydrogens is 446 g/mol. The number of primary amides is 1. The number of carbonyl (C=O) groups excluding carboxylic acids is 4. The van der Waals surface area contributed by atoms with Crippen LogP contribution in [-0.2, 0) is 36.8 Å². The normalized spacial score (nSPS) is 13.2. The van der Waals surface area contributed by atoms with E-state index >= 15 is 0 Å². The van der Waals surface area contributed by atoms with E-state index in [1.54, 1.807) is 30.3 Å². The molecule has 34 heavy (non-hydrogen) atoms. The summed E-state index contributed by atoms with van der Waals surface area (Å²) in [5.41, 5.74) is 12.4. The van der Waals surface area contributed by atoms with Gasteiger partial charge in [0.15, 0.2) is 0 Å². The number of amides is 4. The number of carbonyl (C=O) groups is 5. The van der Waals surface area contributed by atoms with Gasteiger partial charge in [-0.3, -0.25) is 24.0 Å². The van der Waals surface area contributed by atoms with E-state index in [2.05, 4.69) is 25.9 Å². The number of aromatic amines is 1. The topological polar surface area (TPSA) is 222 Å². The van der Waals surface area contributed by atoms with E-state index in [0.717, 1.165) is 0 Å². The molecule has 182 valence electrons. The summed E-state index contributed by atoms with van der Waals surface area (Å²) in [6.07, 6.45) is 2.51. The van der Waals surface area contributed by atoms with Crippen LogP contribution >= 0.6 is 0 Å². The van der Waals surface area contributed by atoms with Crippen molar-refractivity contribution >= 4 is 29.6 Å². The predicted octanol–water partition coefficient (Wildman–Crippen LogP) is -2.43. The minimum Gasteiger partial charge on any atom is -0.480 e. The molecule has 0 bridgehead atoms. The zero-order chi connectivity index (χ0) is 25.1. The number of aromatic nitrogens is 2. The summed E-state index contributed by atoms with van der Waals surface area (Å²) in [6.45, 7) is -0.649. The lowest BCUT2D eigenvalue weighted by atomic mass is 10.0. The molecule has 0 spiro atoms. The number of aliphatic carboxylic acids is 1. The van der Waals surface area contributed by atoms with Crippen LogP contribution in [0.5, 0.6) is 0 Å². The standard InChI is InChI=1S/C21H27N7O6/c22-14(7-13-9-24-11-26-13)19(32)27-16(8-17(23)29)21(34)28-15(20(33)25-10-18(30)31)6-12-4-2-1-3-5-12/h1-5,9,11,14-16H,6-8,10,22H2,(H2,23,29)(H,24,26)(H,25,33)(H,27,32)(H,28,34)(H,30,31). The Bertz CT molecular complexity index is 996. The maximum Gasteiger partial charge on any atom is 0.322 e. The maximum absolute atomic E-state index is 12.9. The average Bonchev–Trinajstić information content (AvgIpc) is 3.29. The van der Waals surface area contributed by atoms with Gasteiger partial charge in [0, 0.05) is 24.7 Å². The van der Waals surface area contributed by atoms with Crippen molar-refractivity contribution in [1.29, 1.82) is 0 Å². The van der Waals surface area contributed by atoms with Crippen molar-refractivity contribution in [2.24, 2.45) is 11.5 Å². The van der Waals surface area contributed by atoms with E-state index < -0.39 is 60.7 Å². The number of rotatable bonds is 13. The van der Waals surface area contributed by atoms with Gasteiger partial charge in [-0.1, -0.05) is 30.3 Å². The SMILES string of the molecule is NC(=O)CC(NC(=O)C(N)Cc1cnc[nH]1)C(=O)NC(Cc1ccccc1)C(=O)NCC(=O)O. The van der Waals surface area contributed by atoms with Crippen LogP contribution in [0.15, 0.2) is 42.9 Å². The Hall–Kier alpha value is -4.26. The van der Waals surface area contributed by atoms with Gasteiger partial charge in [0.05, 0.1) is 18.8 Å². The summed E-state index contributed by atoms with van der Waals surface area (Å²) in [6, 6.07) is 5.06. The highest BCUT2D eigenvalue weighted by Crippen LogP contribution is 2.05. The van der Waals surface area contributed by atoms with E-state index in [9.17, 15) is 24.0 Å². The average molecular weight is 473 g/mol. The van der Waals surface area contributed by atoms with Gasteiger partial charge >= 0.3 is 5.97 Å². The molecule has 2 aromatic rings. The number of H-pyrrole nitrogens is 1. The minimum atomic E-state index is -1.40. The van der Waals surface area contributed by atoms with Gasteiger partial charge in [0.2, 0.25) is 23.6 Å². The van der Waals surface area contributed by atoms with E-state index in [4.69, 9.17) is 16.6 Å². The Morgan fingerprint density at radius 1 is 0.971 bits per heavy atom. The molecule has 0 saturated heterocycles. The molecule has 0 aliphatic rings. The molecule has 9 N–H and O–H groups in total. The first-order valence-electron chi connectivity index (χ1n) is 10.3. The number of imidazole rings is 1. The van der Waals surface area contributed by atoms with Crippen molar-refractivity contribution in [3.05, 3.63) is 54.1 Å². The third kappa shape index (κ3) is 8.70. The smallest absolute Gasteiger partial charge is 0.322 e. The number of carboxylic acids is 1. The van der Waals surface area contributed by atoms with Crippen molar-refractivity contribution in [2.45, 2.75) is 37.4 Å². The zero-order valence-electron chi connectivity index (χ0n) is 18.2. The molecule has 0 radical (unpaired) electrons. The largest absolute Gasteiger partial charge is 0.480 e. The maximum atomic E-state index is 12.9. The van der Waals surface area contributed by atoms with Crippen LogP contribution in [0.3, 0.4) is 0 Å². The molecule has 0 aliphatic heterocycles. The van der Waals surface area contributed by atoms with Gasteiger partial charge in [-0.2, -0.15) is 0 Å². The molecule has 0 aliphatic carbocycles. The highest BCUT2D eigenvalue weighted by atomic mass is 16.4. The molecule has 13 heteroatoms. The summed E-state index contributed by atoms with van der Waals surface area (Å²) in [5, 5.41) is 15.9. The molecule has 0 fully saturated rings. The molecule has 13 nitrogen and oxygen atoms in total. The van der Waals surface area contributed by atoms with Crippen LogP contribution in [0.2, 0.25) is 0 Å². The molecular formula is C21H27N7O6. The van der Waals surface area contributed by atoms with E-state index in [0.29, 0.717) is 11.3 Å². The van der Waals surface area contributed by atoms with Crippen LogP contribution in [-0.4, -0.2) is 69.3 Å². The fourth-order valence-electron chi connectivity index (χ4n) is 3.03. The quantitative estimate of drug-likeness (QED) is 0.165. The van der Waals surface area contributed by atoms with Crippen LogP contribution in [0, 0.1) is 0 Å². The molecule has 3 unspecified atom stereocenters. The molecule has 3 atom stereocenters. The van der Waals surface area contributed by atoms with Crippen molar-refractivity contribution in [3.63, 3.8) is 0 Å². The first-order valence-corrected chi connectivity index (χ1v) is 10.3. The van der Waals surface area contributed by atoms with Gasteiger partial charge < -0.3 is 37.5 Å². The van der Waals surface area contributed by atoms with Crippen molar-refractivity contribution in [1.82, 2.24) is 25.9 Å². The van der Waals surface area contributed by atoms with E-state index in [-0.39, 0.29) is 12.8 Å². The second-order valence-electron chi connectivity index (χ2n) is 7.48. The van der Waals surface area contributed by atoms with Crippen molar-refractivity contribution < 1.29 is 29.1 Å². The highest BCUT2D eigenvalue weighted by molar-refractivity contribution is 5.96. The van der Waals surface area contributed by atoms with Crippen LogP contribution in [0.4, 0.5) is 0 Å². The molecule has 1 aromatic carbocycles. The fourth-order valence-corrected chi connectivity index (χ4v) is 3.03. The number of nitrogens with one attached hydrogen (secondary N) is 4. The minimum absolute atomic E-state index is 0.0363. The summed E-state index contributed by atoms with van der Waals surface area (Å²) in [4.78, 5) is 66.9. The van der Waals surface area contributed by atoms with E-state index in [1.807, 2.05) is 0 Å². The Balaban J connectivity index is 2.12. The molecule has 1 aromatic heterocycles. The van der Waals surface area contributed by atoms with Gasteiger partial charge in [-0.15, -0.1) is 0 Å². The zero-order valence-corrected chi connectivity index (χ0v) is 18.2. The van der Waals surface area contributed by atoms with Gasteiger partial charge in [0.25, 0.3) is 0 Å². The summed E-state index contributed by atoms with van der Waals surface area (Å²) in [7, 11) is 0. The number of hydrogen-bond donors (Lipinski definition) is 7. The van der Waals surface area contributed by atoms with Gasteiger partial charge in [0.1, 0.15) is 18.6 Å². The summed E-state index contributed by atoms with van der Waals surface area (Å²) in [5.74, 6) is -4.45. The van der Waals surface area contributed by atoms with Gasteiger partial charge in [-0.25, -0.2) is 4.98 Å². The second kappa shape index (κ2) is 12.7. The monoisotopic (exact) mass is 473 g/mol. The number of carboxylic acid groups (broad SMARTS) is 1. The third-order valence-corrected chi connectivity index (χ3v) is 4.70. The fraction of sp³-hybridized carbons (Fsp3) is 0.333. The van der Waals surface area contributed by atoms with Crippen LogP contribution < -0.4 is 27.4 Å². The lowest BCUT2D eigenvalue weighted by molar-refractivity contribution is -0.138. The lowest BCUT2D eigenvalue weighted by Gasteiger charge is -2.23. The molecule has 2 rings (SSSR count). The van der Waals surface area contributed by atoms with Crippen LogP contribution in [0.25, 0.3) is 0 Å². The summed E-state index contributed by atoms with van der Waals surface area (Å²) >= 11 is 0.